The van der Waals surface area contributed by atoms with Gasteiger partial charge in [-0.25, -0.2) is 13.1 Å². The van der Waals surface area contributed by atoms with Gasteiger partial charge in [-0.1, -0.05) is 60.2 Å². The van der Waals surface area contributed by atoms with Crippen LogP contribution >= 0.6 is 0 Å². The largest absolute Gasteiger partial charge is 0.383 e. The second-order valence-corrected chi connectivity index (χ2v) is 8.44. The Labute approximate surface area is 143 Å². The van der Waals surface area contributed by atoms with Crippen LogP contribution in [0.5, 0.6) is 0 Å². The van der Waals surface area contributed by atoms with Gasteiger partial charge in [0.1, 0.15) is 5.60 Å². The van der Waals surface area contributed by atoms with E-state index in [1.54, 1.807) is 6.07 Å². The van der Waals surface area contributed by atoms with Crippen LogP contribution in [-0.4, -0.2) is 20.1 Å². The van der Waals surface area contributed by atoms with E-state index < -0.39 is 15.6 Å². The van der Waals surface area contributed by atoms with E-state index in [9.17, 15) is 13.5 Å². The fraction of sp³-hybridized carbons (Fsp3) is 0.368. The van der Waals surface area contributed by atoms with Crippen LogP contribution in [0.1, 0.15) is 29.5 Å². The molecule has 1 atom stereocenters. The van der Waals surface area contributed by atoms with Crippen molar-refractivity contribution in [3.05, 3.63) is 71.3 Å². The summed E-state index contributed by atoms with van der Waals surface area (Å²) in [6.45, 7) is 1.95. The monoisotopic (exact) mass is 345 g/mol. The molecule has 0 amide bonds. The summed E-state index contributed by atoms with van der Waals surface area (Å²) in [6, 6.07) is 16.8. The van der Waals surface area contributed by atoms with Crippen molar-refractivity contribution in [2.75, 3.05) is 6.54 Å². The average molecular weight is 345 g/mol. The van der Waals surface area contributed by atoms with Gasteiger partial charge in [-0.2, -0.15) is 0 Å². The Bertz CT molecular complexity index is 800. The molecule has 1 saturated carbocycles. The number of aliphatic hydroxyl groups is 1. The molecule has 5 heteroatoms. The van der Waals surface area contributed by atoms with Crippen molar-refractivity contribution in [3.8, 4) is 0 Å². The van der Waals surface area contributed by atoms with E-state index in [-0.39, 0.29) is 18.2 Å². The molecular formula is C19H23NO3S. The van der Waals surface area contributed by atoms with Gasteiger partial charge in [-0.15, -0.1) is 0 Å². The summed E-state index contributed by atoms with van der Waals surface area (Å²) in [6.07, 6.45) is 1.84. The molecule has 1 fully saturated rings. The van der Waals surface area contributed by atoms with E-state index in [1.165, 1.54) is 0 Å². The molecule has 2 aromatic rings. The summed E-state index contributed by atoms with van der Waals surface area (Å²) in [5, 5.41) is 11.1. The summed E-state index contributed by atoms with van der Waals surface area (Å²) in [5.41, 5.74) is 1.41. The first kappa shape index (κ1) is 17.1. The lowest BCUT2D eigenvalue weighted by Gasteiger charge is -2.29. The van der Waals surface area contributed by atoms with Gasteiger partial charge in [-0.3, -0.25) is 0 Å². The van der Waals surface area contributed by atoms with Crippen LogP contribution in [0.2, 0.25) is 0 Å². The summed E-state index contributed by atoms with van der Waals surface area (Å²) in [5.74, 6) is 0.0334. The van der Waals surface area contributed by atoms with Crippen LogP contribution in [0.15, 0.2) is 54.6 Å². The third-order valence-corrected chi connectivity index (χ3v) is 5.82. The van der Waals surface area contributed by atoms with E-state index in [2.05, 4.69) is 4.72 Å². The maximum atomic E-state index is 12.4. The lowest BCUT2D eigenvalue weighted by molar-refractivity contribution is 0.0185. The average Bonchev–Trinajstić information content (AvgIpc) is 3.38. The van der Waals surface area contributed by atoms with Crippen LogP contribution in [0.25, 0.3) is 0 Å². The maximum Gasteiger partial charge on any atom is 0.215 e. The Morgan fingerprint density at radius 1 is 1.12 bits per heavy atom. The van der Waals surface area contributed by atoms with Gasteiger partial charge in [0.15, 0.2) is 0 Å². The highest BCUT2D eigenvalue weighted by molar-refractivity contribution is 7.88. The highest BCUT2D eigenvalue weighted by Crippen LogP contribution is 2.45. The zero-order valence-electron chi connectivity index (χ0n) is 13.8. The lowest BCUT2D eigenvalue weighted by atomic mass is 9.89. The SMILES string of the molecule is Cc1cccc(CS(=O)(=O)NCC(O)(c2ccccc2)C2CC2)c1. The molecular weight excluding hydrogens is 322 g/mol. The molecule has 4 nitrogen and oxygen atoms in total. The standard InChI is InChI=1S/C19H23NO3S/c1-15-6-5-7-16(12-15)13-24(22,23)20-14-19(21,18-10-11-18)17-8-3-2-4-9-17/h2-9,12,18,20-21H,10-11,13-14H2,1H3. The number of rotatable bonds is 7. The Hall–Kier alpha value is -1.69. The zero-order valence-corrected chi connectivity index (χ0v) is 14.6. The molecule has 1 aliphatic rings. The minimum Gasteiger partial charge on any atom is -0.383 e. The van der Waals surface area contributed by atoms with Crippen LogP contribution in [0.3, 0.4) is 0 Å². The van der Waals surface area contributed by atoms with Gasteiger partial charge < -0.3 is 5.11 Å². The van der Waals surface area contributed by atoms with Crippen molar-refractivity contribution in [1.29, 1.82) is 0 Å². The molecule has 2 aromatic carbocycles. The van der Waals surface area contributed by atoms with Crippen LogP contribution < -0.4 is 4.72 Å². The molecule has 0 saturated heterocycles. The first-order valence-corrected chi connectivity index (χ1v) is 9.85. The molecule has 2 N–H and O–H groups in total. The lowest BCUT2D eigenvalue weighted by Crippen LogP contribution is -2.42. The first-order chi connectivity index (χ1) is 11.4. The quantitative estimate of drug-likeness (QED) is 0.811. The molecule has 24 heavy (non-hydrogen) atoms. The van der Waals surface area contributed by atoms with Gasteiger partial charge >= 0.3 is 0 Å². The summed E-state index contributed by atoms with van der Waals surface area (Å²) in [7, 11) is -3.51. The molecule has 0 aromatic heterocycles. The van der Waals surface area contributed by atoms with Crippen molar-refractivity contribution >= 4 is 10.0 Å². The molecule has 1 unspecified atom stereocenters. The highest BCUT2D eigenvalue weighted by Gasteiger charge is 2.45. The summed E-state index contributed by atoms with van der Waals surface area (Å²) in [4.78, 5) is 0. The third-order valence-electron chi connectivity index (χ3n) is 4.53. The third kappa shape index (κ3) is 4.04. The van der Waals surface area contributed by atoms with Gasteiger partial charge in [0.25, 0.3) is 0 Å². The van der Waals surface area contributed by atoms with Gasteiger partial charge in [0.05, 0.1) is 5.75 Å². The van der Waals surface area contributed by atoms with E-state index >= 15 is 0 Å². The Balaban J connectivity index is 1.72. The smallest absolute Gasteiger partial charge is 0.215 e. The normalized spacial score (nSPS) is 17.4. The second-order valence-electron chi connectivity index (χ2n) is 6.63. The number of nitrogens with one attached hydrogen (secondary N) is 1. The summed E-state index contributed by atoms with van der Waals surface area (Å²) < 4.78 is 27.4. The minimum atomic E-state index is -3.51. The molecule has 1 aliphatic carbocycles. The number of hydrogen-bond donors (Lipinski definition) is 2. The Kier molecular flexibility index (Phi) is 4.76. The molecule has 0 heterocycles. The Morgan fingerprint density at radius 2 is 1.83 bits per heavy atom. The van der Waals surface area contributed by atoms with Crippen molar-refractivity contribution in [2.45, 2.75) is 31.1 Å². The van der Waals surface area contributed by atoms with Gasteiger partial charge in [0.2, 0.25) is 10.0 Å². The van der Waals surface area contributed by atoms with Crippen LogP contribution in [-0.2, 0) is 21.4 Å². The van der Waals surface area contributed by atoms with Crippen molar-refractivity contribution < 1.29 is 13.5 Å². The number of sulfonamides is 1. The fourth-order valence-electron chi connectivity index (χ4n) is 3.06. The van der Waals surface area contributed by atoms with E-state index in [0.29, 0.717) is 0 Å². The van der Waals surface area contributed by atoms with Crippen LogP contribution in [0, 0.1) is 12.8 Å². The molecule has 128 valence electrons. The number of aryl methyl sites for hydroxylation is 1. The van der Waals surface area contributed by atoms with E-state index in [4.69, 9.17) is 0 Å². The fourth-order valence-corrected chi connectivity index (χ4v) is 4.22. The topological polar surface area (TPSA) is 66.4 Å². The van der Waals surface area contributed by atoms with Gasteiger partial charge in [-0.05, 0) is 36.8 Å². The van der Waals surface area contributed by atoms with E-state index in [1.807, 2.05) is 55.5 Å². The molecule has 3 rings (SSSR count). The summed E-state index contributed by atoms with van der Waals surface area (Å²) >= 11 is 0. The van der Waals surface area contributed by atoms with Crippen LogP contribution in [0.4, 0.5) is 0 Å². The molecule has 0 bridgehead atoms. The molecule has 0 spiro atoms. The number of hydrogen-bond acceptors (Lipinski definition) is 3. The second kappa shape index (κ2) is 6.67. The van der Waals surface area contributed by atoms with Crippen molar-refractivity contribution in [1.82, 2.24) is 4.72 Å². The molecule has 0 radical (unpaired) electrons. The first-order valence-electron chi connectivity index (χ1n) is 8.20. The Morgan fingerprint density at radius 3 is 2.46 bits per heavy atom. The van der Waals surface area contributed by atoms with Gasteiger partial charge in [0, 0.05) is 6.54 Å². The predicted molar refractivity (Wildman–Crippen MR) is 94.9 cm³/mol. The predicted octanol–water partition coefficient (Wildman–Crippen LogP) is 2.71. The highest BCUT2D eigenvalue weighted by atomic mass is 32.2. The molecule has 0 aliphatic heterocycles. The van der Waals surface area contributed by atoms with Crippen molar-refractivity contribution in [3.63, 3.8) is 0 Å². The maximum absolute atomic E-state index is 12.4. The minimum absolute atomic E-state index is 0.00975. The number of benzene rings is 2. The van der Waals surface area contributed by atoms with Crippen molar-refractivity contribution in [2.24, 2.45) is 5.92 Å². The zero-order chi connectivity index (χ0) is 17.2. The van der Waals surface area contributed by atoms with E-state index in [0.717, 1.165) is 29.5 Å².